The van der Waals surface area contributed by atoms with E-state index in [1.54, 1.807) is 24.3 Å². The number of phenols is 1. The van der Waals surface area contributed by atoms with Gasteiger partial charge in [0.05, 0.1) is 0 Å². The number of carboxylic acid groups (broad SMARTS) is 1. The van der Waals surface area contributed by atoms with Crippen molar-refractivity contribution in [1.82, 2.24) is 5.32 Å². The molecule has 0 aliphatic carbocycles. The summed E-state index contributed by atoms with van der Waals surface area (Å²) in [5.74, 6) is -0.492. The van der Waals surface area contributed by atoms with Gasteiger partial charge in [0.25, 0.3) is 5.24 Å². The first-order valence-corrected chi connectivity index (χ1v) is 8.01. The third-order valence-electron chi connectivity index (χ3n) is 3.18. The van der Waals surface area contributed by atoms with Gasteiger partial charge in [-0.25, -0.2) is 4.79 Å². The van der Waals surface area contributed by atoms with Crippen LogP contribution >= 0.6 is 11.8 Å². The van der Waals surface area contributed by atoms with Crippen molar-refractivity contribution in [1.29, 1.82) is 0 Å². The van der Waals surface area contributed by atoms with E-state index in [1.807, 2.05) is 30.3 Å². The molecule has 6 heteroatoms. The van der Waals surface area contributed by atoms with E-state index in [4.69, 9.17) is 0 Å². The van der Waals surface area contributed by atoms with E-state index < -0.39 is 12.0 Å². The van der Waals surface area contributed by atoms with Crippen LogP contribution in [0, 0.1) is 0 Å². The Kier molecular flexibility index (Phi) is 6.05. The zero-order chi connectivity index (χ0) is 16.7. The van der Waals surface area contributed by atoms with E-state index in [-0.39, 0.29) is 17.4 Å². The maximum absolute atomic E-state index is 11.9. The van der Waals surface area contributed by atoms with E-state index >= 15 is 0 Å². The van der Waals surface area contributed by atoms with Gasteiger partial charge >= 0.3 is 5.97 Å². The molecule has 0 saturated carbocycles. The highest BCUT2D eigenvalue weighted by Crippen LogP contribution is 2.16. The summed E-state index contributed by atoms with van der Waals surface area (Å²) in [6.45, 7) is 0. The minimum Gasteiger partial charge on any atom is -0.508 e. The second-order valence-corrected chi connectivity index (χ2v) is 5.92. The zero-order valence-corrected chi connectivity index (χ0v) is 13.1. The van der Waals surface area contributed by atoms with Gasteiger partial charge in [0, 0.05) is 12.2 Å². The summed E-state index contributed by atoms with van der Waals surface area (Å²) in [5, 5.41) is 20.6. The highest BCUT2D eigenvalue weighted by molar-refractivity contribution is 8.12. The highest BCUT2D eigenvalue weighted by Gasteiger charge is 2.20. The van der Waals surface area contributed by atoms with Gasteiger partial charge in [-0.15, -0.1) is 0 Å². The molecule has 0 aliphatic heterocycles. The summed E-state index contributed by atoms with van der Waals surface area (Å²) in [6.07, 6.45) is 0.238. The Bertz CT molecular complexity index is 658. The van der Waals surface area contributed by atoms with E-state index in [9.17, 15) is 19.8 Å². The Balaban J connectivity index is 1.88. The minimum absolute atomic E-state index is 0.164. The monoisotopic (exact) mass is 331 g/mol. The van der Waals surface area contributed by atoms with Gasteiger partial charge in [-0.1, -0.05) is 54.2 Å². The first kappa shape index (κ1) is 16.9. The van der Waals surface area contributed by atoms with Gasteiger partial charge in [0.15, 0.2) is 0 Å². The number of thioether (sulfide) groups is 1. The molecule has 1 atom stereocenters. The molecule has 0 aliphatic rings. The molecule has 2 rings (SSSR count). The van der Waals surface area contributed by atoms with Crippen LogP contribution in [0.25, 0.3) is 0 Å². The molecule has 0 radical (unpaired) electrons. The maximum Gasteiger partial charge on any atom is 0.326 e. The van der Waals surface area contributed by atoms with Gasteiger partial charge in [0.2, 0.25) is 0 Å². The predicted octanol–water partition coefficient (Wildman–Crippen LogP) is 3.03. The van der Waals surface area contributed by atoms with Crippen LogP contribution in [0.5, 0.6) is 5.75 Å². The number of carboxylic acids is 1. The number of benzene rings is 2. The summed E-state index contributed by atoms with van der Waals surface area (Å²) in [5.41, 5.74) is 1.72. The van der Waals surface area contributed by atoms with Gasteiger partial charge < -0.3 is 15.5 Å². The van der Waals surface area contributed by atoms with Gasteiger partial charge in [-0.3, -0.25) is 4.79 Å². The van der Waals surface area contributed by atoms with Crippen molar-refractivity contribution in [2.75, 3.05) is 0 Å². The van der Waals surface area contributed by atoms with Crippen LogP contribution in [0.3, 0.4) is 0 Å². The molecule has 1 amide bonds. The van der Waals surface area contributed by atoms with Gasteiger partial charge in [-0.05, 0) is 23.3 Å². The summed E-state index contributed by atoms with van der Waals surface area (Å²) < 4.78 is 0. The Morgan fingerprint density at radius 1 is 1.00 bits per heavy atom. The number of aliphatic carboxylic acids is 1. The lowest BCUT2D eigenvalue weighted by molar-refractivity contribution is -0.139. The summed E-state index contributed by atoms with van der Waals surface area (Å²) in [4.78, 5) is 23.2. The average Bonchev–Trinajstić information content (AvgIpc) is 2.54. The average molecular weight is 331 g/mol. The number of hydrogen-bond donors (Lipinski definition) is 3. The van der Waals surface area contributed by atoms with Crippen molar-refractivity contribution >= 4 is 23.0 Å². The molecule has 0 spiro atoms. The molecular weight excluding hydrogens is 314 g/mol. The summed E-state index contributed by atoms with van der Waals surface area (Å²) in [6, 6.07) is 14.7. The molecule has 23 heavy (non-hydrogen) atoms. The fourth-order valence-electron chi connectivity index (χ4n) is 1.97. The molecule has 3 N–H and O–H groups in total. The Labute approximate surface area is 138 Å². The van der Waals surface area contributed by atoms with Crippen molar-refractivity contribution in [3.05, 3.63) is 65.7 Å². The number of phenolic OH excluding ortho intramolecular Hbond substituents is 1. The molecule has 0 fully saturated rings. The second-order valence-electron chi connectivity index (χ2n) is 4.97. The van der Waals surface area contributed by atoms with E-state index in [0.29, 0.717) is 5.75 Å². The van der Waals surface area contributed by atoms with E-state index in [2.05, 4.69) is 5.32 Å². The molecule has 120 valence electrons. The molecule has 0 saturated heterocycles. The number of nitrogens with one attached hydrogen (secondary N) is 1. The molecular formula is C17H17NO4S. The number of rotatable bonds is 6. The third kappa shape index (κ3) is 5.67. The van der Waals surface area contributed by atoms with Crippen molar-refractivity contribution in [3.63, 3.8) is 0 Å². The first-order chi connectivity index (χ1) is 11.0. The molecule has 2 aromatic rings. The molecule has 0 aromatic heterocycles. The predicted molar refractivity (Wildman–Crippen MR) is 89.5 cm³/mol. The molecule has 5 nitrogen and oxygen atoms in total. The lowest BCUT2D eigenvalue weighted by Crippen LogP contribution is -2.40. The van der Waals surface area contributed by atoms with Crippen LogP contribution in [0.1, 0.15) is 11.1 Å². The lowest BCUT2D eigenvalue weighted by atomic mass is 10.1. The number of carbonyl (C=O) groups is 2. The largest absolute Gasteiger partial charge is 0.508 e. The highest BCUT2D eigenvalue weighted by atomic mass is 32.2. The van der Waals surface area contributed by atoms with Crippen molar-refractivity contribution in [2.45, 2.75) is 18.2 Å². The zero-order valence-electron chi connectivity index (χ0n) is 12.3. The fraction of sp³-hybridized carbons (Fsp3) is 0.176. The van der Waals surface area contributed by atoms with Crippen molar-refractivity contribution in [2.24, 2.45) is 0 Å². The van der Waals surface area contributed by atoms with Crippen molar-refractivity contribution in [3.8, 4) is 5.75 Å². The number of carbonyl (C=O) groups excluding carboxylic acids is 1. The van der Waals surface area contributed by atoms with E-state index in [1.165, 1.54) is 0 Å². The Morgan fingerprint density at radius 3 is 2.26 bits per heavy atom. The second kappa shape index (κ2) is 8.24. The SMILES string of the molecule is O=C(N[C@@H](Cc1ccccc1)C(=O)O)SCc1ccc(O)cc1. The van der Waals surface area contributed by atoms with Crippen LogP contribution < -0.4 is 5.32 Å². The topological polar surface area (TPSA) is 86.6 Å². The number of amides is 1. The number of hydrogen-bond acceptors (Lipinski definition) is 4. The van der Waals surface area contributed by atoms with Crippen LogP contribution in [0.4, 0.5) is 4.79 Å². The lowest BCUT2D eigenvalue weighted by Gasteiger charge is -2.14. The van der Waals surface area contributed by atoms with Crippen molar-refractivity contribution < 1.29 is 19.8 Å². The summed E-state index contributed by atoms with van der Waals surface area (Å²) in [7, 11) is 0. The molecule has 2 aromatic carbocycles. The maximum atomic E-state index is 11.9. The third-order valence-corrected chi connectivity index (χ3v) is 4.04. The molecule has 0 heterocycles. The fourth-order valence-corrected chi connectivity index (χ4v) is 2.69. The minimum atomic E-state index is -1.06. The number of aromatic hydroxyl groups is 1. The normalized spacial score (nSPS) is 11.7. The Hall–Kier alpha value is -2.47. The summed E-state index contributed by atoms with van der Waals surface area (Å²) >= 11 is 0.997. The van der Waals surface area contributed by atoms with Crippen LogP contribution in [-0.2, 0) is 17.0 Å². The van der Waals surface area contributed by atoms with Crippen LogP contribution in [-0.4, -0.2) is 27.5 Å². The standard InChI is InChI=1S/C17H17NO4S/c19-14-8-6-13(7-9-14)11-23-17(22)18-15(16(20)21)10-12-4-2-1-3-5-12/h1-9,15,19H,10-11H2,(H,18,22)(H,20,21)/t15-/m0/s1. The van der Waals surface area contributed by atoms with Gasteiger partial charge in [-0.2, -0.15) is 0 Å². The smallest absolute Gasteiger partial charge is 0.326 e. The first-order valence-electron chi connectivity index (χ1n) is 7.02. The van der Waals surface area contributed by atoms with Crippen LogP contribution in [0.2, 0.25) is 0 Å². The van der Waals surface area contributed by atoms with E-state index in [0.717, 1.165) is 22.9 Å². The quantitative estimate of drug-likeness (QED) is 0.757. The Morgan fingerprint density at radius 2 is 1.65 bits per heavy atom. The molecule has 0 bridgehead atoms. The van der Waals surface area contributed by atoms with Gasteiger partial charge in [0.1, 0.15) is 11.8 Å². The molecule has 0 unspecified atom stereocenters. The van der Waals surface area contributed by atoms with Crippen LogP contribution in [0.15, 0.2) is 54.6 Å².